The van der Waals surface area contributed by atoms with Crippen LogP contribution in [0.1, 0.15) is 18.4 Å². The molecule has 1 aromatic carbocycles. The number of thioether (sulfide) groups is 1. The van der Waals surface area contributed by atoms with Crippen LogP contribution in [0.4, 0.5) is 5.82 Å². The molecule has 2 rings (SSSR count). The minimum absolute atomic E-state index is 0.556. The van der Waals surface area contributed by atoms with Crippen molar-refractivity contribution in [2.75, 3.05) is 5.73 Å². The highest BCUT2D eigenvalue weighted by molar-refractivity contribution is 7.98. The lowest BCUT2D eigenvalue weighted by atomic mass is 10.3. The SMILES string of the molecule is CCc1cc(N)nc(CSc2ccccc2)n1. The number of rotatable bonds is 4. The summed E-state index contributed by atoms with van der Waals surface area (Å²) in [6.07, 6.45) is 0.885. The quantitative estimate of drug-likeness (QED) is 0.841. The van der Waals surface area contributed by atoms with Crippen LogP contribution in [0.5, 0.6) is 0 Å². The van der Waals surface area contributed by atoms with Gasteiger partial charge in [-0.15, -0.1) is 11.8 Å². The summed E-state index contributed by atoms with van der Waals surface area (Å²) < 4.78 is 0. The maximum atomic E-state index is 5.74. The summed E-state index contributed by atoms with van der Waals surface area (Å²) in [6, 6.07) is 12.1. The number of benzene rings is 1. The van der Waals surface area contributed by atoms with Crippen molar-refractivity contribution in [2.24, 2.45) is 0 Å². The Morgan fingerprint density at radius 2 is 1.94 bits per heavy atom. The third-order valence-corrected chi connectivity index (χ3v) is 3.33. The second-order valence-corrected chi connectivity index (χ2v) is 4.70. The highest BCUT2D eigenvalue weighted by Crippen LogP contribution is 2.21. The topological polar surface area (TPSA) is 51.8 Å². The van der Waals surface area contributed by atoms with Gasteiger partial charge in [-0.05, 0) is 18.6 Å². The summed E-state index contributed by atoms with van der Waals surface area (Å²) in [5.41, 5.74) is 6.74. The van der Waals surface area contributed by atoms with Crippen LogP contribution in [0.25, 0.3) is 0 Å². The molecule has 0 atom stereocenters. The van der Waals surface area contributed by atoms with Gasteiger partial charge in [0.25, 0.3) is 0 Å². The minimum Gasteiger partial charge on any atom is -0.384 e. The van der Waals surface area contributed by atoms with Crippen LogP contribution in [0.3, 0.4) is 0 Å². The first kappa shape index (κ1) is 11.9. The molecular weight excluding hydrogens is 230 g/mol. The molecule has 0 aliphatic heterocycles. The summed E-state index contributed by atoms with van der Waals surface area (Å²) >= 11 is 1.72. The first-order valence-corrected chi connectivity index (χ1v) is 6.56. The zero-order valence-electron chi connectivity index (χ0n) is 9.76. The Bertz CT molecular complexity index is 485. The molecule has 0 saturated carbocycles. The maximum absolute atomic E-state index is 5.74. The van der Waals surface area contributed by atoms with Gasteiger partial charge in [-0.25, -0.2) is 9.97 Å². The molecule has 2 aromatic rings. The zero-order chi connectivity index (χ0) is 12.1. The Labute approximate surface area is 105 Å². The predicted octanol–water partition coefficient (Wildman–Crippen LogP) is 2.91. The molecule has 17 heavy (non-hydrogen) atoms. The van der Waals surface area contributed by atoms with Crippen molar-refractivity contribution in [1.82, 2.24) is 9.97 Å². The lowest BCUT2D eigenvalue weighted by molar-refractivity contribution is 0.945. The number of anilines is 1. The highest BCUT2D eigenvalue weighted by atomic mass is 32.2. The van der Waals surface area contributed by atoms with Crippen LogP contribution in [-0.2, 0) is 12.2 Å². The van der Waals surface area contributed by atoms with Crippen molar-refractivity contribution in [2.45, 2.75) is 24.0 Å². The number of hydrogen-bond acceptors (Lipinski definition) is 4. The van der Waals surface area contributed by atoms with Gasteiger partial charge in [-0.3, -0.25) is 0 Å². The molecule has 4 heteroatoms. The third-order valence-electron chi connectivity index (χ3n) is 2.32. The zero-order valence-corrected chi connectivity index (χ0v) is 10.6. The second kappa shape index (κ2) is 5.68. The van der Waals surface area contributed by atoms with E-state index in [9.17, 15) is 0 Å². The smallest absolute Gasteiger partial charge is 0.141 e. The molecule has 0 unspecified atom stereocenters. The average molecular weight is 245 g/mol. The van der Waals surface area contributed by atoms with Gasteiger partial charge in [0.2, 0.25) is 0 Å². The molecule has 2 N–H and O–H groups in total. The average Bonchev–Trinajstić information content (AvgIpc) is 2.37. The summed E-state index contributed by atoms with van der Waals surface area (Å²) in [5.74, 6) is 2.11. The Hall–Kier alpha value is -1.55. The fourth-order valence-corrected chi connectivity index (χ4v) is 2.26. The standard InChI is InChI=1S/C13H15N3S/c1-2-10-8-12(14)16-13(15-10)9-17-11-6-4-3-5-7-11/h3-8H,2,9H2,1H3,(H2,14,15,16). The first-order chi connectivity index (χ1) is 8.28. The lowest BCUT2D eigenvalue weighted by Crippen LogP contribution is -2.01. The van der Waals surface area contributed by atoms with Crippen molar-refractivity contribution in [1.29, 1.82) is 0 Å². The van der Waals surface area contributed by atoms with Gasteiger partial charge in [-0.2, -0.15) is 0 Å². The number of nitrogens with zero attached hydrogens (tertiary/aromatic N) is 2. The molecule has 3 nitrogen and oxygen atoms in total. The molecule has 0 spiro atoms. The largest absolute Gasteiger partial charge is 0.384 e. The van der Waals surface area contributed by atoms with E-state index in [0.717, 1.165) is 23.7 Å². The van der Waals surface area contributed by atoms with E-state index < -0.39 is 0 Å². The predicted molar refractivity (Wildman–Crippen MR) is 71.8 cm³/mol. The summed E-state index contributed by atoms with van der Waals surface area (Å²) in [7, 11) is 0. The summed E-state index contributed by atoms with van der Waals surface area (Å²) in [4.78, 5) is 9.92. The van der Waals surface area contributed by atoms with E-state index in [0.29, 0.717) is 5.82 Å². The van der Waals surface area contributed by atoms with Gasteiger partial charge in [0, 0.05) is 16.7 Å². The minimum atomic E-state index is 0.556. The van der Waals surface area contributed by atoms with Gasteiger partial charge in [0.1, 0.15) is 11.6 Å². The normalized spacial score (nSPS) is 10.4. The lowest BCUT2D eigenvalue weighted by Gasteiger charge is -2.04. The van der Waals surface area contributed by atoms with Crippen molar-refractivity contribution in [3.63, 3.8) is 0 Å². The van der Waals surface area contributed by atoms with E-state index in [4.69, 9.17) is 5.73 Å². The fraction of sp³-hybridized carbons (Fsp3) is 0.231. The van der Waals surface area contributed by atoms with Crippen LogP contribution < -0.4 is 5.73 Å². The highest BCUT2D eigenvalue weighted by Gasteiger charge is 2.02. The fourth-order valence-electron chi connectivity index (χ4n) is 1.49. The molecule has 0 saturated heterocycles. The number of nitrogens with two attached hydrogens (primary N) is 1. The van der Waals surface area contributed by atoms with E-state index in [1.165, 1.54) is 4.90 Å². The Balaban J connectivity index is 2.06. The number of hydrogen-bond donors (Lipinski definition) is 1. The van der Waals surface area contributed by atoms with Crippen LogP contribution in [-0.4, -0.2) is 9.97 Å². The number of aryl methyl sites for hydroxylation is 1. The van der Waals surface area contributed by atoms with Crippen LogP contribution in [0, 0.1) is 0 Å². The maximum Gasteiger partial charge on any atom is 0.141 e. The Kier molecular flexibility index (Phi) is 3.98. The van der Waals surface area contributed by atoms with E-state index in [-0.39, 0.29) is 0 Å². The molecule has 88 valence electrons. The first-order valence-electron chi connectivity index (χ1n) is 5.58. The van der Waals surface area contributed by atoms with Crippen molar-refractivity contribution < 1.29 is 0 Å². The molecule has 1 heterocycles. The van der Waals surface area contributed by atoms with Crippen molar-refractivity contribution in [3.8, 4) is 0 Å². The summed E-state index contributed by atoms with van der Waals surface area (Å²) in [5, 5.41) is 0. The van der Waals surface area contributed by atoms with Crippen LogP contribution >= 0.6 is 11.8 Å². The van der Waals surface area contributed by atoms with E-state index in [1.54, 1.807) is 11.8 Å². The second-order valence-electron chi connectivity index (χ2n) is 3.66. The van der Waals surface area contributed by atoms with Crippen LogP contribution in [0.15, 0.2) is 41.3 Å². The van der Waals surface area contributed by atoms with Crippen LogP contribution in [0.2, 0.25) is 0 Å². The molecule has 0 radical (unpaired) electrons. The van der Waals surface area contributed by atoms with Gasteiger partial charge in [-0.1, -0.05) is 25.1 Å². The van der Waals surface area contributed by atoms with Gasteiger partial charge in [0.15, 0.2) is 0 Å². The Morgan fingerprint density at radius 1 is 1.18 bits per heavy atom. The monoisotopic (exact) mass is 245 g/mol. The number of nitrogen functional groups attached to an aromatic ring is 1. The molecule has 0 fully saturated rings. The van der Waals surface area contributed by atoms with E-state index >= 15 is 0 Å². The van der Waals surface area contributed by atoms with Crippen molar-refractivity contribution in [3.05, 3.63) is 47.9 Å². The van der Waals surface area contributed by atoms with Crippen molar-refractivity contribution >= 4 is 17.6 Å². The third kappa shape index (κ3) is 3.46. The van der Waals surface area contributed by atoms with Gasteiger partial charge >= 0.3 is 0 Å². The summed E-state index contributed by atoms with van der Waals surface area (Å²) in [6.45, 7) is 2.07. The number of aromatic nitrogens is 2. The molecule has 0 aliphatic carbocycles. The molecular formula is C13H15N3S. The Morgan fingerprint density at radius 3 is 2.65 bits per heavy atom. The van der Waals surface area contributed by atoms with E-state index in [1.807, 2.05) is 24.3 Å². The molecule has 0 bridgehead atoms. The van der Waals surface area contributed by atoms with E-state index in [2.05, 4.69) is 29.0 Å². The van der Waals surface area contributed by atoms with Gasteiger partial charge < -0.3 is 5.73 Å². The van der Waals surface area contributed by atoms with Gasteiger partial charge in [0.05, 0.1) is 5.75 Å². The molecule has 0 aliphatic rings. The molecule has 1 aromatic heterocycles. The molecule has 0 amide bonds.